The van der Waals surface area contributed by atoms with Crippen molar-refractivity contribution < 1.29 is 4.79 Å². The van der Waals surface area contributed by atoms with Crippen LogP contribution in [0, 0.1) is 0 Å². The Kier molecular flexibility index (Phi) is 5.36. The van der Waals surface area contributed by atoms with E-state index in [-0.39, 0.29) is 17.9 Å². The highest BCUT2D eigenvalue weighted by Gasteiger charge is 2.20. The van der Waals surface area contributed by atoms with Gasteiger partial charge in [0.05, 0.1) is 5.92 Å². The molecular weight excluding hydrogens is 266 g/mol. The Morgan fingerprint density at radius 2 is 1.95 bits per heavy atom. The average molecular weight is 287 g/mol. The van der Waals surface area contributed by atoms with Gasteiger partial charge < -0.3 is 5.32 Å². The number of amides is 1. The third kappa shape index (κ3) is 3.94. The van der Waals surface area contributed by atoms with Gasteiger partial charge in [-0.3, -0.25) is 4.79 Å². The molecule has 1 heterocycles. The van der Waals surface area contributed by atoms with E-state index in [1.165, 1.54) is 4.88 Å². The lowest BCUT2D eigenvalue weighted by Crippen LogP contribution is -2.37. The standard InChI is InChI=1S/C17H21NOS/c1-3-16(14-8-5-4-6-9-14)17(19)18-13(2)12-15-10-7-11-20-15/h4-11,13,16H,3,12H2,1-2H3,(H,18,19). The summed E-state index contributed by atoms with van der Waals surface area (Å²) < 4.78 is 0. The minimum Gasteiger partial charge on any atom is -0.353 e. The fourth-order valence-electron chi connectivity index (χ4n) is 2.38. The lowest BCUT2D eigenvalue weighted by atomic mass is 9.95. The van der Waals surface area contributed by atoms with Crippen molar-refractivity contribution in [1.82, 2.24) is 5.32 Å². The molecule has 20 heavy (non-hydrogen) atoms. The predicted octanol–water partition coefficient (Wildman–Crippen LogP) is 3.99. The van der Waals surface area contributed by atoms with Crippen LogP contribution < -0.4 is 5.32 Å². The Morgan fingerprint density at radius 1 is 1.20 bits per heavy atom. The zero-order valence-electron chi connectivity index (χ0n) is 12.0. The van der Waals surface area contributed by atoms with Crippen LogP contribution in [0.5, 0.6) is 0 Å². The third-order valence-corrected chi connectivity index (χ3v) is 4.30. The van der Waals surface area contributed by atoms with Crippen molar-refractivity contribution in [2.24, 2.45) is 0 Å². The van der Waals surface area contributed by atoms with Crippen molar-refractivity contribution in [3.05, 3.63) is 58.3 Å². The first-order chi connectivity index (χ1) is 9.70. The van der Waals surface area contributed by atoms with E-state index in [2.05, 4.69) is 30.6 Å². The van der Waals surface area contributed by atoms with Gasteiger partial charge in [0.25, 0.3) is 0 Å². The van der Waals surface area contributed by atoms with Crippen molar-refractivity contribution in [2.75, 3.05) is 0 Å². The second-order valence-electron chi connectivity index (χ2n) is 5.06. The number of carbonyl (C=O) groups is 1. The lowest BCUT2D eigenvalue weighted by Gasteiger charge is -2.19. The molecule has 2 nitrogen and oxygen atoms in total. The lowest BCUT2D eigenvalue weighted by molar-refractivity contribution is -0.123. The van der Waals surface area contributed by atoms with Gasteiger partial charge in [-0.1, -0.05) is 43.3 Å². The van der Waals surface area contributed by atoms with Gasteiger partial charge in [0.2, 0.25) is 5.91 Å². The SMILES string of the molecule is CCC(C(=O)NC(C)Cc1cccs1)c1ccccc1. The smallest absolute Gasteiger partial charge is 0.227 e. The normalized spacial score (nSPS) is 13.7. The van der Waals surface area contributed by atoms with Crippen LogP contribution in [0.15, 0.2) is 47.8 Å². The summed E-state index contributed by atoms with van der Waals surface area (Å²) in [5.74, 6) is 0.0738. The molecule has 0 aliphatic rings. The Morgan fingerprint density at radius 3 is 2.55 bits per heavy atom. The summed E-state index contributed by atoms with van der Waals surface area (Å²) >= 11 is 1.74. The molecule has 0 aliphatic heterocycles. The van der Waals surface area contributed by atoms with Crippen molar-refractivity contribution >= 4 is 17.2 Å². The molecule has 2 atom stereocenters. The van der Waals surface area contributed by atoms with Crippen LogP contribution in [0.2, 0.25) is 0 Å². The highest BCUT2D eigenvalue weighted by molar-refractivity contribution is 7.09. The molecule has 0 saturated heterocycles. The van der Waals surface area contributed by atoms with Gasteiger partial charge in [-0.2, -0.15) is 0 Å². The molecule has 1 N–H and O–H groups in total. The van der Waals surface area contributed by atoms with Gasteiger partial charge >= 0.3 is 0 Å². The van der Waals surface area contributed by atoms with Crippen molar-refractivity contribution in [3.63, 3.8) is 0 Å². The summed E-state index contributed by atoms with van der Waals surface area (Å²) in [5.41, 5.74) is 1.09. The number of rotatable bonds is 6. The summed E-state index contributed by atoms with van der Waals surface area (Å²) in [5, 5.41) is 5.21. The van der Waals surface area contributed by atoms with Crippen molar-refractivity contribution in [2.45, 2.75) is 38.6 Å². The number of thiophene rings is 1. The van der Waals surface area contributed by atoms with Crippen LogP contribution in [-0.4, -0.2) is 11.9 Å². The molecule has 106 valence electrons. The van der Waals surface area contributed by atoms with E-state index in [4.69, 9.17) is 0 Å². The number of hydrogen-bond acceptors (Lipinski definition) is 2. The largest absolute Gasteiger partial charge is 0.353 e. The van der Waals surface area contributed by atoms with E-state index in [0.29, 0.717) is 0 Å². The fourth-order valence-corrected chi connectivity index (χ4v) is 3.22. The maximum absolute atomic E-state index is 12.4. The number of nitrogens with one attached hydrogen (secondary N) is 1. The maximum atomic E-state index is 12.4. The van der Waals surface area contributed by atoms with E-state index in [1.807, 2.05) is 36.4 Å². The molecule has 0 spiro atoms. The zero-order valence-corrected chi connectivity index (χ0v) is 12.8. The Labute approximate surface area is 124 Å². The maximum Gasteiger partial charge on any atom is 0.227 e. The fraction of sp³-hybridized carbons (Fsp3) is 0.353. The molecule has 0 radical (unpaired) electrons. The minimum atomic E-state index is -0.0537. The topological polar surface area (TPSA) is 29.1 Å². The molecule has 1 aromatic carbocycles. The summed E-state index contributed by atoms with van der Waals surface area (Å²) in [6.45, 7) is 4.12. The molecule has 2 rings (SSSR count). The van der Waals surface area contributed by atoms with Crippen molar-refractivity contribution in [1.29, 1.82) is 0 Å². The molecule has 0 fully saturated rings. The average Bonchev–Trinajstić information content (AvgIpc) is 2.93. The van der Waals surface area contributed by atoms with E-state index in [0.717, 1.165) is 18.4 Å². The molecular formula is C17H21NOS. The Balaban J connectivity index is 1.95. The van der Waals surface area contributed by atoms with Gasteiger partial charge in [0.15, 0.2) is 0 Å². The third-order valence-electron chi connectivity index (χ3n) is 3.40. The van der Waals surface area contributed by atoms with E-state index < -0.39 is 0 Å². The van der Waals surface area contributed by atoms with Crippen LogP contribution in [0.3, 0.4) is 0 Å². The molecule has 1 amide bonds. The molecule has 2 unspecified atom stereocenters. The monoisotopic (exact) mass is 287 g/mol. The van der Waals surface area contributed by atoms with Crippen LogP contribution in [0.25, 0.3) is 0 Å². The van der Waals surface area contributed by atoms with Gasteiger partial charge in [-0.25, -0.2) is 0 Å². The first-order valence-corrected chi connectivity index (χ1v) is 7.96. The van der Waals surface area contributed by atoms with Crippen LogP contribution in [0.4, 0.5) is 0 Å². The van der Waals surface area contributed by atoms with Gasteiger partial charge in [0.1, 0.15) is 0 Å². The minimum absolute atomic E-state index is 0.0537. The number of carbonyl (C=O) groups excluding carboxylic acids is 1. The molecule has 0 bridgehead atoms. The van der Waals surface area contributed by atoms with E-state index in [1.54, 1.807) is 11.3 Å². The predicted molar refractivity (Wildman–Crippen MR) is 85.1 cm³/mol. The zero-order chi connectivity index (χ0) is 14.4. The highest BCUT2D eigenvalue weighted by Crippen LogP contribution is 2.20. The first-order valence-electron chi connectivity index (χ1n) is 7.08. The van der Waals surface area contributed by atoms with E-state index in [9.17, 15) is 4.79 Å². The summed E-state index contributed by atoms with van der Waals surface area (Å²) in [6.07, 6.45) is 1.72. The van der Waals surface area contributed by atoms with Gasteiger partial charge in [0, 0.05) is 17.3 Å². The Bertz CT molecular complexity index is 521. The van der Waals surface area contributed by atoms with Gasteiger partial charge in [-0.15, -0.1) is 11.3 Å². The molecule has 2 aromatic rings. The molecule has 3 heteroatoms. The highest BCUT2D eigenvalue weighted by atomic mass is 32.1. The summed E-state index contributed by atoms with van der Waals surface area (Å²) in [4.78, 5) is 13.7. The number of benzene rings is 1. The first kappa shape index (κ1) is 14.8. The second kappa shape index (κ2) is 7.25. The van der Waals surface area contributed by atoms with Crippen molar-refractivity contribution in [3.8, 4) is 0 Å². The summed E-state index contributed by atoms with van der Waals surface area (Å²) in [7, 11) is 0. The van der Waals surface area contributed by atoms with Gasteiger partial charge in [-0.05, 0) is 30.4 Å². The van der Waals surface area contributed by atoms with Crippen LogP contribution in [0.1, 0.15) is 36.6 Å². The van der Waals surface area contributed by atoms with Crippen LogP contribution >= 0.6 is 11.3 Å². The van der Waals surface area contributed by atoms with Crippen LogP contribution in [-0.2, 0) is 11.2 Å². The molecule has 1 aromatic heterocycles. The molecule has 0 aliphatic carbocycles. The second-order valence-corrected chi connectivity index (χ2v) is 6.10. The summed E-state index contributed by atoms with van der Waals surface area (Å²) in [6, 6.07) is 14.3. The number of hydrogen-bond donors (Lipinski definition) is 1. The van der Waals surface area contributed by atoms with E-state index >= 15 is 0 Å². The quantitative estimate of drug-likeness (QED) is 0.855. The Hall–Kier alpha value is -1.61. The molecule has 0 saturated carbocycles.